The highest BCUT2D eigenvalue weighted by atomic mass is 16.5. The second-order valence-corrected chi connectivity index (χ2v) is 6.60. The highest BCUT2D eigenvalue weighted by Gasteiger charge is 2.14. The lowest BCUT2D eigenvalue weighted by atomic mass is 10.1. The van der Waals surface area contributed by atoms with Crippen LogP contribution in [0.5, 0.6) is 5.75 Å². The van der Waals surface area contributed by atoms with E-state index in [9.17, 15) is 9.59 Å². The van der Waals surface area contributed by atoms with Crippen molar-refractivity contribution in [2.75, 3.05) is 12.4 Å². The highest BCUT2D eigenvalue weighted by Crippen LogP contribution is 2.19. The molecule has 2 N–H and O–H groups in total. The Morgan fingerprint density at radius 2 is 1.59 bits per heavy atom. The van der Waals surface area contributed by atoms with Gasteiger partial charge in [0.1, 0.15) is 17.1 Å². The summed E-state index contributed by atoms with van der Waals surface area (Å²) in [5.74, 6) is -0.0298. The number of hydrogen-bond donors (Lipinski definition) is 2. The number of hydrogen-bond acceptors (Lipinski definition) is 4. The molecule has 3 rings (SSSR count). The fraction of sp³-hybridized carbons (Fsp3) is 0.174. The number of methoxy groups -OCH3 is 1. The van der Waals surface area contributed by atoms with Gasteiger partial charge in [-0.15, -0.1) is 0 Å². The molecule has 1 heterocycles. The normalized spacial score (nSPS) is 10.3. The van der Waals surface area contributed by atoms with E-state index in [-0.39, 0.29) is 23.2 Å². The van der Waals surface area contributed by atoms with Crippen molar-refractivity contribution in [3.63, 3.8) is 0 Å². The molecule has 0 bridgehead atoms. The fourth-order valence-electron chi connectivity index (χ4n) is 2.88. The number of aromatic nitrogens is 1. The quantitative estimate of drug-likeness (QED) is 0.670. The number of anilines is 1. The maximum Gasteiger partial charge on any atom is 0.274 e. The summed E-state index contributed by atoms with van der Waals surface area (Å²) >= 11 is 0. The lowest BCUT2D eigenvalue weighted by Crippen LogP contribution is -2.25. The first-order chi connectivity index (χ1) is 14.0. The van der Waals surface area contributed by atoms with Gasteiger partial charge >= 0.3 is 0 Å². The average Bonchev–Trinajstić information content (AvgIpc) is 2.75. The Balaban J connectivity index is 1.70. The van der Waals surface area contributed by atoms with Crippen molar-refractivity contribution in [1.29, 1.82) is 0 Å². The molecule has 148 valence electrons. The number of nitrogens with zero attached hydrogens (tertiary/aromatic N) is 1. The second-order valence-electron chi connectivity index (χ2n) is 6.60. The van der Waals surface area contributed by atoms with Crippen LogP contribution in [0.2, 0.25) is 0 Å². The number of benzene rings is 2. The predicted molar refractivity (Wildman–Crippen MR) is 112 cm³/mol. The van der Waals surface area contributed by atoms with Crippen LogP contribution in [0.15, 0.2) is 60.7 Å². The minimum atomic E-state index is -0.364. The van der Waals surface area contributed by atoms with E-state index in [0.29, 0.717) is 12.3 Å². The molecule has 0 unspecified atom stereocenters. The summed E-state index contributed by atoms with van der Waals surface area (Å²) in [7, 11) is 1.58. The summed E-state index contributed by atoms with van der Waals surface area (Å²) in [6.07, 6.45) is 0. The van der Waals surface area contributed by atoms with Crippen molar-refractivity contribution in [3.8, 4) is 5.75 Å². The standard InChI is InChI=1S/C23H23N3O3/c1-15-8-6-10-18(16(15)2)26-23(28)20-12-7-11-19(25-20)22(27)24-14-17-9-4-5-13-21(17)29-3/h4-13H,14H2,1-3H3,(H,24,27)(H,26,28). The Bertz CT molecular complexity index is 1050. The molecule has 2 amide bonds. The van der Waals surface area contributed by atoms with Gasteiger partial charge in [0.05, 0.1) is 7.11 Å². The number of aryl methyl sites for hydroxylation is 1. The molecule has 0 aliphatic rings. The molecule has 0 radical (unpaired) electrons. The zero-order valence-corrected chi connectivity index (χ0v) is 16.7. The summed E-state index contributed by atoms with van der Waals surface area (Å²) in [5, 5.41) is 5.67. The molecule has 0 saturated carbocycles. The number of amides is 2. The largest absolute Gasteiger partial charge is 0.496 e. The zero-order chi connectivity index (χ0) is 20.8. The molecule has 29 heavy (non-hydrogen) atoms. The SMILES string of the molecule is COc1ccccc1CNC(=O)c1cccc(C(=O)Nc2cccc(C)c2C)n1. The predicted octanol–water partition coefficient (Wildman–Crippen LogP) is 3.89. The lowest BCUT2D eigenvalue weighted by Gasteiger charge is -2.11. The third-order valence-electron chi connectivity index (χ3n) is 4.70. The van der Waals surface area contributed by atoms with Gasteiger partial charge in [-0.2, -0.15) is 0 Å². The van der Waals surface area contributed by atoms with Gasteiger partial charge in [-0.05, 0) is 49.2 Å². The number of rotatable bonds is 6. The fourth-order valence-corrected chi connectivity index (χ4v) is 2.88. The summed E-state index contributed by atoms with van der Waals surface area (Å²) < 4.78 is 5.29. The van der Waals surface area contributed by atoms with E-state index in [0.717, 1.165) is 22.4 Å². The lowest BCUT2D eigenvalue weighted by molar-refractivity contribution is 0.0945. The highest BCUT2D eigenvalue weighted by molar-refractivity contribution is 6.04. The van der Waals surface area contributed by atoms with Crippen LogP contribution in [0, 0.1) is 13.8 Å². The van der Waals surface area contributed by atoms with Crippen LogP contribution >= 0.6 is 0 Å². The molecule has 1 aromatic heterocycles. The van der Waals surface area contributed by atoms with Crippen molar-refractivity contribution in [2.24, 2.45) is 0 Å². The third-order valence-corrected chi connectivity index (χ3v) is 4.70. The zero-order valence-electron chi connectivity index (χ0n) is 16.7. The molecule has 0 atom stereocenters. The minimum absolute atomic E-state index is 0.175. The van der Waals surface area contributed by atoms with Gasteiger partial charge in [0.15, 0.2) is 0 Å². The van der Waals surface area contributed by atoms with Crippen LogP contribution in [-0.2, 0) is 6.54 Å². The van der Waals surface area contributed by atoms with Crippen molar-refractivity contribution < 1.29 is 14.3 Å². The molecule has 6 nitrogen and oxygen atoms in total. The van der Waals surface area contributed by atoms with E-state index < -0.39 is 0 Å². The van der Waals surface area contributed by atoms with E-state index in [2.05, 4.69) is 15.6 Å². The molecule has 2 aromatic carbocycles. The average molecular weight is 389 g/mol. The van der Waals surface area contributed by atoms with Crippen LogP contribution in [0.1, 0.15) is 37.7 Å². The van der Waals surface area contributed by atoms with Gasteiger partial charge in [0.2, 0.25) is 0 Å². The van der Waals surface area contributed by atoms with Crippen molar-refractivity contribution >= 4 is 17.5 Å². The first-order valence-corrected chi connectivity index (χ1v) is 9.24. The molecular formula is C23H23N3O3. The maximum absolute atomic E-state index is 12.6. The first-order valence-electron chi connectivity index (χ1n) is 9.24. The summed E-state index contributed by atoms with van der Waals surface area (Å²) in [4.78, 5) is 29.3. The van der Waals surface area contributed by atoms with E-state index in [1.54, 1.807) is 25.3 Å². The summed E-state index contributed by atoms with van der Waals surface area (Å²) in [6.45, 7) is 4.22. The second kappa shape index (κ2) is 9.01. The molecule has 0 spiro atoms. The number of carbonyl (C=O) groups excluding carboxylic acids is 2. The van der Waals surface area contributed by atoms with Gasteiger partial charge in [-0.1, -0.05) is 36.4 Å². The molecular weight excluding hydrogens is 366 g/mol. The maximum atomic E-state index is 12.6. The Hall–Kier alpha value is -3.67. The van der Waals surface area contributed by atoms with Crippen LogP contribution in [0.25, 0.3) is 0 Å². The minimum Gasteiger partial charge on any atom is -0.496 e. The smallest absolute Gasteiger partial charge is 0.274 e. The van der Waals surface area contributed by atoms with Crippen LogP contribution < -0.4 is 15.4 Å². The van der Waals surface area contributed by atoms with E-state index in [1.165, 1.54) is 0 Å². The van der Waals surface area contributed by atoms with Crippen molar-refractivity contribution in [2.45, 2.75) is 20.4 Å². The van der Waals surface area contributed by atoms with Gasteiger partial charge in [-0.25, -0.2) is 4.98 Å². The van der Waals surface area contributed by atoms with Gasteiger partial charge in [0, 0.05) is 17.8 Å². The Kier molecular flexibility index (Phi) is 6.24. The summed E-state index contributed by atoms with van der Waals surface area (Å²) in [6, 6.07) is 17.9. The Morgan fingerprint density at radius 1 is 0.897 bits per heavy atom. The molecule has 6 heteroatoms. The van der Waals surface area contributed by atoms with E-state index >= 15 is 0 Å². The van der Waals surface area contributed by atoms with Crippen molar-refractivity contribution in [3.05, 3.63) is 88.7 Å². The van der Waals surface area contributed by atoms with E-state index in [4.69, 9.17) is 4.74 Å². The van der Waals surface area contributed by atoms with E-state index in [1.807, 2.05) is 56.3 Å². The molecule has 0 saturated heterocycles. The third kappa shape index (κ3) is 4.79. The monoisotopic (exact) mass is 389 g/mol. The van der Waals surface area contributed by atoms with Gasteiger partial charge in [-0.3, -0.25) is 9.59 Å². The Morgan fingerprint density at radius 3 is 2.34 bits per heavy atom. The first kappa shape index (κ1) is 20.1. The number of carbonyl (C=O) groups is 2. The molecule has 0 aliphatic carbocycles. The molecule has 3 aromatic rings. The number of pyridine rings is 1. The number of para-hydroxylation sites is 1. The van der Waals surface area contributed by atoms with Gasteiger partial charge < -0.3 is 15.4 Å². The van der Waals surface area contributed by atoms with Crippen LogP contribution in [-0.4, -0.2) is 23.9 Å². The molecule has 0 fully saturated rings. The van der Waals surface area contributed by atoms with Gasteiger partial charge in [0.25, 0.3) is 11.8 Å². The topological polar surface area (TPSA) is 80.3 Å². The van der Waals surface area contributed by atoms with Crippen LogP contribution in [0.4, 0.5) is 5.69 Å². The Labute approximate surface area is 169 Å². The molecule has 0 aliphatic heterocycles. The number of nitrogens with one attached hydrogen (secondary N) is 2. The summed E-state index contributed by atoms with van der Waals surface area (Å²) in [5.41, 5.74) is 4.01. The number of ether oxygens (including phenoxy) is 1. The van der Waals surface area contributed by atoms with Crippen molar-refractivity contribution in [1.82, 2.24) is 10.3 Å². The van der Waals surface area contributed by atoms with Crippen LogP contribution in [0.3, 0.4) is 0 Å².